The van der Waals surface area contributed by atoms with E-state index in [1.165, 1.54) is 0 Å². The van der Waals surface area contributed by atoms with Gasteiger partial charge in [-0.05, 0) is 61.9 Å². The van der Waals surface area contributed by atoms with E-state index in [0.717, 1.165) is 5.56 Å². The van der Waals surface area contributed by atoms with Crippen molar-refractivity contribution in [3.8, 4) is 17.1 Å². The zero-order valence-corrected chi connectivity index (χ0v) is 18.2. The lowest BCUT2D eigenvalue weighted by Gasteiger charge is -2.20. The number of nitrogens with zero attached hydrogens (tertiary/aromatic N) is 1. The van der Waals surface area contributed by atoms with Crippen LogP contribution in [0.3, 0.4) is 0 Å². The van der Waals surface area contributed by atoms with Crippen molar-refractivity contribution in [2.75, 3.05) is 18.5 Å². The molecule has 0 bridgehead atoms. The monoisotopic (exact) mass is 443 g/mol. The van der Waals surface area contributed by atoms with Crippen molar-refractivity contribution in [3.05, 3.63) is 66.0 Å². The number of H-pyrrole nitrogens is 1. The quantitative estimate of drug-likeness (QED) is 0.226. The molecule has 0 radical (unpaired) electrons. The molecule has 3 rings (SSSR count). The standard InChI is InChI=1S/C22H25N5O3.ClH/c1-3-29-18-12-15(11-16(13-18)21-25-9-10-26-21)19(22(28)30-4-2)27-17-7-5-14(6-8-17)20(23)24;/h5-13,19,27H,3-4H2,1-2H3,(H3,23,24)(H,25,26);1H. The van der Waals surface area contributed by atoms with Crippen molar-refractivity contribution in [1.29, 1.82) is 5.41 Å². The number of aromatic amines is 1. The fraction of sp³-hybridized carbons (Fsp3) is 0.227. The number of carbonyl (C=O) groups is 1. The lowest BCUT2D eigenvalue weighted by Crippen LogP contribution is -2.23. The van der Waals surface area contributed by atoms with Crippen LogP contribution in [0.5, 0.6) is 5.75 Å². The SMILES string of the molecule is CCOC(=O)C(Nc1ccc(C(=N)N)cc1)c1cc(OCC)cc(-c2ncc[nH]2)c1.Cl. The first-order valence-corrected chi connectivity index (χ1v) is 9.67. The molecular formula is C22H26ClN5O3. The Labute approximate surface area is 187 Å². The molecule has 8 nitrogen and oxygen atoms in total. The Kier molecular flexibility index (Phi) is 8.45. The number of esters is 1. The fourth-order valence-corrected chi connectivity index (χ4v) is 3.02. The molecule has 1 unspecified atom stereocenters. The van der Waals surface area contributed by atoms with Crippen LogP contribution in [0.15, 0.2) is 54.9 Å². The van der Waals surface area contributed by atoms with Gasteiger partial charge in [0.2, 0.25) is 0 Å². The van der Waals surface area contributed by atoms with Gasteiger partial charge in [0.15, 0.2) is 6.04 Å². The molecule has 0 fully saturated rings. The van der Waals surface area contributed by atoms with E-state index in [2.05, 4.69) is 15.3 Å². The van der Waals surface area contributed by atoms with Crippen LogP contribution in [0.4, 0.5) is 5.69 Å². The van der Waals surface area contributed by atoms with E-state index in [1.54, 1.807) is 43.6 Å². The molecule has 0 amide bonds. The van der Waals surface area contributed by atoms with E-state index in [9.17, 15) is 4.79 Å². The third-order valence-corrected chi connectivity index (χ3v) is 4.37. The normalized spacial score (nSPS) is 11.2. The summed E-state index contributed by atoms with van der Waals surface area (Å²) in [5.74, 6) is 0.874. The van der Waals surface area contributed by atoms with Crippen LogP contribution < -0.4 is 15.8 Å². The molecule has 9 heteroatoms. The highest BCUT2D eigenvalue weighted by Gasteiger charge is 2.24. The summed E-state index contributed by atoms with van der Waals surface area (Å²) >= 11 is 0. The number of hydrogen-bond acceptors (Lipinski definition) is 6. The zero-order chi connectivity index (χ0) is 21.5. The molecule has 164 valence electrons. The summed E-state index contributed by atoms with van der Waals surface area (Å²) < 4.78 is 11.0. The van der Waals surface area contributed by atoms with E-state index >= 15 is 0 Å². The Balaban J connectivity index is 0.00000341. The van der Waals surface area contributed by atoms with Crippen LogP contribution in [0, 0.1) is 5.41 Å². The third-order valence-electron chi connectivity index (χ3n) is 4.37. The summed E-state index contributed by atoms with van der Waals surface area (Å²) in [6.45, 7) is 4.42. The van der Waals surface area contributed by atoms with E-state index in [-0.39, 0.29) is 24.8 Å². The molecule has 5 N–H and O–H groups in total. The van der Waals surface area contributed by atoms with Crippen LogP contribution in [0.2, 0.25) is 0 Å². The predicted molar refractivity (Wildman–Crippen MR) is 123 cm³/mol. The maximum absolute atomic E-state index is 12.8. The molecule has 0 aliphatic rings. The number of ether oxygens (including phenoxy) is 2. The zero-order valence-electron chi connectivity index (χ0n) is 17.3. The number of carbonyl (C=O) groups excluding carboxylic acids is 1. The van der Waals surface area contributed by atoms with Crippen molar-refractivity contribution < 1.29 is 14.3 Å². The molecular weight excluding hydrogens is 418 g/mol. The Hall–Kier alpha value is -3.52. The molecule has 0 aliphatic carbocycles. The van der Waals surface area contributed by atoms with Crippen molar-refractivity contribution in [3.63, 3.8) is 0 Å². The van der Waals surface area contributed by atoms with Gasteiger partial charge in [0.05, 0.1) is 13.2 Å². The largest absolute Gasteiger partial charge is 0.494 e. The highest BCUT2D eigenvalue weighted by molar-refractivity contribution is 5.95. The van der Waals surface area contributed by atoms with Gasteiger partial charge in [-0.25, -0.2) is 9.78 Å². The number of imidazole rings is 1. The third kappa shape index (κ3) is 5.99. The van der Waals surface area contributed by atoms with Gasteiger partial charge in [0.1, 0.15) is 17.4 Å². The van der Waals surface area contributed by atoms with Crippen molar-refractivity contribution in [2.24, 2.45) is 5.73 Å². The van der Waals surface area contributed by atoms with Crippen LogP contribution in [0.25, 0.3) is 11.4 Å². The average molecular weight is 444 g/mol. The van der Waals surface area contributed by atoms with Crippen LogP contribution in [0.1, 0.15) is 31.0 Å². The molecule has 2 aromatic carbocycles. The second-order valence-electron chi connectivity index (χ2n) is 6.48. The highest BCUT2D eigenvalue weighted by Crippen LogP contribution is 2.30. The topological polar surface area (TPSA) is 126 Å². The van der Waals surface area contributed by atoms with Gasteiger partial charge >= 0.3 is 5.97 Å². The Morgan fingerprint density at radius 3 is 2.52 bits per heavy atom. The number of aromatic nitrogens is 2. The van der Waals surface area contributed by atoms with Gasteiger partial charge < -0.3 is 25.5 Å². The van der Waals surface area contributed by atoms with Crippen molar-refractivity contribution >= 4 is 29.9 Å². The van der Waals surface area contributed by atoms with E-state index in [4.69, 9.17) is 20.6 Å². The molecule has 31 heavy (non-hydrogen) atoms. The number of nitrogen functional groups attached to an aromatic ring is 1. The second kappa shape index (κ2) is 11.0. The van der Waals surface area contributed by atoms with E-state index < -0.39 is 12.0 Å². The molecule has 1 atom stereocenters. The molecule has 1 heterocycles. The maximum Gasteiger partial charge on any atom is 0.333 e. The number of amidine groups is 1. The number of nitrogens with one attached hydrogen (secondary N) is 3. The summed E-state index contributed by atoms with van der Waals surface area (Å²) in [7, 11) is 0. The van der Waals surface area contributed by atoms with Gasteiger partial charge in [0, 0.05) is 29.2 Å². The van der Waals surface area contributed by atoms with Crippen LogP contribution in [-0.2, 0) is 9.53 Å². The molecule has 1 aromatic heterocycles. The summed E-state index contributed by atoms with van der Waals surface area (Å²) in [6.07, 6.45) is 3.40. The maximum atomic E-state index is 12.8. The lowest BCUT2D eigenvalue weighted by atomic mass is 10.0. The first-order valence-electron chi connectivity index (χ1n) is 9.67. The van der Waals surface area contributed by atoms with Gasteiger partial charge in [-0.1, -0.05) is 0 Å². The lowest BCUT2D eigenvalue weighted by molar-refractivity contribution is -0.144. The van der Waals surface area contributed by atoms with Crippen LogP contribution >= 0.6 is 12.4 Å². The highest BCUT2D eigenvalue weighted by atomic mass is 35.5. The minimum Gasteiger partial charge on any atom is -0.494 e. The van der Waals surface area contributed by atoms with Crippen molar-refractivity contribution in [2.45, 2.75) is 19.9 Å². The van der Waals surface area contributed by atoms with Crippen LogP contribution in [-0.4, -0.2) is 35.0 Å². The minimum atomic E-state index is -0.762. The number of hydrogen-bond donors (Lipinski definition) is 4. The van der Waals surface area contributed by atoms with Gasteiger partial charge in [-0.3, -0.25) is 5.41 Å². The Morgan fingerprint density at radius 1 is 1.19 bits per heavy atom. The summed E-state index contributed by atoms with van der Waals surface area (Å²) in [4.78, 5) is 20.2. The summed E-state index contributed by atoms with van der Waals surface area (Å²) in [5.41, 5.74) is 8.29. The smallest absolute Gasteiger partial charge is 0.333 e. The number of nitrogens with two attached hydrogens (primary N) is 1. The molecule has 0 saturated carbocycles. The van der Waals surface area contributed by atoms with Crippen molar-refractivity contribution in [1.82, 2.24) is 9.97 Å². The molecule has 0 aliphatic heterocycles. The van der Waals surface area contributed by atoms with E-state index in [0.29, 0.717) is 35.0 Å². The number of rotatable bonds is 9. The van der Waals surface area contributed by atoms with Gasteiger partial charge in [-0.2, -0.15) is 0 Å². The summed E-state index contributed by atoms with van der Waals surface area (Å²) in [6, 6.07) is 11.8. The molecule has 3 aromatic rings. The van der Waals surface area contributed by atoms with Gasteiger partial charge in [0.25, 0.3) is 0 Å². The Bertz CT molecular complexity index is 1010. The number of anilines is 1. The minimum absolute atomic E-state index is 0. The first kappa shape index (κ1) is 23.8. The first-order chi connectivity index (χ1) is 14.5. The molecule has 0 saturated heterocycles. The molecule has 0 spiro atoms. The number of halogens is 1. The van der Waals surface area contributed by atoms with Gasteiger partial charge in [-0.15, -0.1) is 12.4 Å². The predicted octanol–water partition coefficient (Wildman–Crippen LogP) is 3.90. The summed E-state index contributed by atoms with van der Waals surface area (Å²) in [5, 5.41) is 10.7. The average Bonchev–Trinajstić information content (AvgIpc) is 3.27. The number of benzene rings is 2. The second-order valence-corrected chi connectivity index (χ2v) is 6.48. The Morgan fingerprint density at radius 2 is 1.94 bits per heavy atom. The fourth-order valence-electron chi connectivity index (χ4n) is 3.02. The van der Waals surface area contributed by atoms with E-state index in [1.807, 2.05) is 25.1 Å².